The molecule has 1 saturated carbocycles. The van der Waals surface area contributed by atoms with Crippen molar-refractivity contribution in [2.45, 2.75) is 64.1 Å². The summed E-state index contributed by atoms with van der Waals surface area (Å²) in [6.45, 7) is 3.97. The fourth-order valence-electron chi connectivity index (χ4n) is 3.63. The van der Waals surface area contributed by atoms with Gasteiger partial charge in [-0.3, -0.25) is 9.89 Å². The molecule has 24 heavy (non-hydrogen) atoms. The van der Waals surface area contributed by atoms with Crippen molar-refractivity contribution in [3.05, 3.63) is 0 Å². The van der Waals surface area contributed by atoms with Crippen molar-refractivity contribution in [1.82, 2.24) is 15.5 Å². The molecule has 0 aromatic carbocycles. The Kier molecular flexibility index (Phi) is 7.65. The number of guanidine groups is 1. The van der Waals surface area contributed by atoms with Gasteiger partial charge >= 0.3 is 6.18 Å². The van der Waals surface area contributed by atoms with Gasteiger partial charge in [-0.1, -0.05) is 12.8 Å². The lowest BCUT2D eigenvalue weighted by atomic mass is 9.93. The van der Waals surface area contributed by atoms with Crippen LogP contribution in [-0.2, 0) is 0 Å². The number of alkyl halides is 3. The van der Waals surface area contributed by atoms with E-state index in [4.69, 9.17) is 0 Å². The molecule has 1 heterocycles. The highest BCUT2D eigenvalue weighted by Crippen LogP contribution is 2.24. The second kappa shape index (κ2) is 9.49. The lowest BCUT2D eigenvalue weighted by Crippen LogP contribution is -2.42. The van der Waals surface area contributed by atoms with Gasteiger partial charge in [-0.05, 0) is 58.0 Å². The average molecular weight is 348 g/mol. The van der Waals surface area contributed by atoms with Crippen molar-refractivity contribution in [3.63, 3.8) is 0 Å². The highest BCUT2D eigenvalue weighted by atomic mass is 19.4. The fourth-order valence-corrected chi connectivity index (χ4v) is 3.63. The van der Waals surface area contributed by atoms with Gasteiger partial charge < -0.3 is 10.6 Å². The highest BCUT2D eigenvalue weighted by Gasteiger charge is 2.32. The molecule has 4 nitrogen and oxygen atoms in total. The number of nitrogens with zero attached hydrogens (tertiary/aromatic N) is 2. The molecule has 0 atom stereocenters. The van der Waals surface area contributed by atoms with Crippen molar-refractivity contribution < 1.29 is 13.2 Å². The molecule has 0 bridgehead atoms. The molecule has 2 aliphatic rings. The third-order valence-corrected chi connectivity index (χ3v) is 4.96. The van der Waals surface area contributed by atoms with Crippen molar-refractivity contribution in [2.75, 3.05) is 32.7 Å². The van der Waals surface area contributed by atoms with Crippen LogP contribution in [0.4, 0.5) is 13.2 Å². The highest BCUT2D eigenvalue weighted by molar-refractivity contribution is 5.80. The summed E-state index contributed by atoms with van der Waals surface area (Å²) in [5.74, 6) is 1.38. The third kappa shape index (κ3) is 7.28. The minimum atomic E-state index is -4.08. The topological polar surface area (TPSA) is 39.7 Å². The predicted molar refractivity (Wildman–Crippen MR) is 91.2 cm³/mol. The van der Waals surface area contributed by atoms with E-state index in [2.05, 4.69) is 22.5 Å². The van der Waals surface area contributed by atoms with Gasteiger partial charge in [0.15, 0.2) is 5.96 Å². The molecule has 0 radical (unpaired) electrons. The Morgan fingerprint density at radius 1 is 1.12 bits per heavy atom. The van der Waals surface area contributed by atoms with Crippen LogP contribution in [0, 0.1) is 5.92 Å². The Morgan fingerprint density at radius 2 is 1.79 bits per heavy atom. The van der Waals surface area contributed by atoms with Crippen LogP contribution < -0.4 is 10.6 Å². The minimum absolute atomic E-state index is 0.493. The molecule has 7 heteroatoms. The van der Waals surface area contributed by atoms with E-state index in [-0.39, 0.29) is 0 Å². The summed E-state index contributed by atoms with van der Waals surface area (Å²) in [6, 6.07) is 0.536. The molecule has 0 unspecified atom stereocenters. The second-order valence-corrected chi connectivity index (χ2v) is 7.01. The summed E-state index contributed by atoms with van der Waals surface area (Å²) in [6.07, 6.45) is 3.56. The fraction of sp³-hybridized carbons (Fsp3) is 0.941. The molecule has 0 aromatic heterocycles. The summed E-state index contributed by atoms with van der Waals surface area (Å²) in [5.41, 5.74) is 0. The van der Waals surface area contributed by atoms with E-state index in [0.717, 1.165) is 38.3 Å². The van der Waals surface area contributed by atoms with Crippen molar-refractivity contribution in [3.8, 4) is 0 Å². The van der Waals surface area contributed by atoms with Gasteiger partial charge in [0.2, 0.25) is 0 Å². The largest absolute Gasteiger partial charge is 0.401 e. The van der Waals surface area contributed by atoms with E-state index < -0.39 is 12.7 Å². The Labute approximate surface area is 143 Å². The van der Waals surface area contributed by atoms with Crippen LogP contribution in [0.3, 0.4) is 0 Å². The zero-order valence-corrected chi connectivity index (χ0v) is 14.7. The lowest BCUT2D eigenvalue weighted by Gasteiger charge is -2.32. The summed E-state index contributed by atoms with van der Waals surface area (Å²) < 4.78 is 37.2. The molecule has 1 saturated heterocycles. The molecule has 0 spiro atoms. The molecule has 1 aliphatic heterocycles. The number of hydrogen-bond acceptors (Lipinski definition) is 2. The zero-order valence-electron chi connectivity index (χ0n) is 14.7. The monoisotopic (exact) mass is 348 g/mol. The van der Waals surface area contributed by atoms with Crippen LogP contribution >= 0.6 is 0 Å². The molecule has 2 N–H and O–H groups in total. The Hall–Kier alpha value is -0.980. The molecule has 0 amide bonds. The van der Waals surface area contributed by atoms with Gasteiger partial charge in [0.05, 0.1) is 6.54 Å². The first-order valence-corrected chi connectivity index (χ1v) is 9.30. The number of rotatable bonds is 6. The van der Waals surface area contributed by atoms with E-state index >= 15 is 0 Å². The minimum Gasteiger partial charge on any atom is -0.357 e. The third-order valence-electron chi connectivity index (χ3n) is 4.96. The maximum atomic E-state index is 12.4. The van der Waals surface area contributed by atoms with Gasteiger partial charge in [-0.25, -0.2) is 0 Å². The molecule has 2 rings (SSSR count). The van der Waals surface area contributed by atoms with E-state index in [1.54, 1.807) is 0 Å². The summed E-state index contributed by atoms with van der Waals surface area (Å²) in [7, 11) is 0. The summed E-state index contributed by atoms with van der Waals surface area (Å²) >= 11 is 0. The number of likely N-dealkylation sites (tertiary alicyclic amines) is 1. The van der Waals surface area contributed by atoms with Crippen LogP contribution in [-0.4, -0.2) is 55.8 Å². The summed E-state index contributed by atoms with van der Waals surface area (Å²) in [5, 5.41) is 6.78. The standard InChI is InChI=1S/C17H31F3N4/c1-2-21-16(23-15-5-3-4-6-15)22-10-7-14-8-11-24(12-9-14)13-17(18,19)20/h14-15H,2-13H2,1H3,(H2,21,22,23). The van der Waals surface area contributed by atoms with Crippen LogP contribution in [0.15, 0.2) is 4.99 Å². The number of nitrogens with one attached hydrogen (secondary N) is 2. The molecular weight excluding hydrogens is 317 g/mol. The first kappa shape index (κ1) is 19.3. The number of hydrogen-bond donors (Lipinski definition) is 2. The van der Waals surface area contributed by atoms with Gasteiger partial charge in [-0.2, -0.15) is 13.2 Å². The predicted octanol–water partition coefficient (Wildman–Crippen LogP) is 3.15. The second-order valence-electron chi connectivity index (χ2n) is 7.01. The maximum Gasteiger partial charge on any atom is 0.401 e. The first-order chi connectivity index (χ1) is 11.5. The van der Waals surface area contributed by atoms with Crippen LogP contribution in [0.5, 0.6) is 0 Å². The van der Waals surface area contributed by atoms with E-state index in [1.165, 1.54) is 30.6 Å². The number of halogens is 3. The molecule has 0 aromatic rings. The van der Waals surface area contributed by atoms with Crippen LogP contribution in [0.25, 0.3) is 0 Å². The van der Waals surface area contributed by atoms with E-state index in [0.29, 0.717) is 25.0 Å². The van der Waals surface area contributed by atoms with Crippen molar-refractivity contribution in [2.24, 2.45) is 10.9 Å². The SMILES string of the molecule is CCNC(=NCCC1CCN(CC(F)(F)F)CC1)NC1CCCC1. The van der Waals surface area contributed by atoms with Gasteiger partial charge in [0.25, 0.3) is 0 Å². The molecule has 140 valence electrons. The van der Waals surface area contributed by atoms with Crippen LogP contribution in [0.2, 0.25) is 0 Å². The Bertz CT molecular complexity index is 384. The first-order valence-electron chi connectivity index (χ1n) is 9.30. The van der Waals surface area contributed by atoms with Gasteiger partial charge in [0, 0.05) is 19.1 Å². The van der Waals surface area contributed by atoms with Gasteiger partial charge in [0.1, 0.15) is 0 Å². The quantitative estimate of drug-likeness (QED) is 0.572. The van der Waals surface area contributed by atoms with E-state index in [1.807, 2.05) is 0 Å². The Morgan fingerprint density at radius 3 is 2.38 bits per heavy atom. The summed E-state index contributed by atoms with van der Waals surface area (Å²) in [4.78, 5) is 6.17. The smallest absolute Gasteiger partial charge is 0.357 e. The average Bonchev–Trinajstić information content (AvgIpc) is 3.01. The Balaban J connectivity index is 1.68. The van der Waals surface area contributed by atoms with Crippen molar-refractivity contribution in [1.29, 1.82) is 0 Å². The molecular formula is C17H31F3N4. The number of aliphatic imine (C=N–C) groups is 1. The van der Waals surface area contributed by atoms with Gasteiger partial charge in [-0.15, -0.1) is 0 Å². The number of piperidine rings is 1. The zero-order chi connectivity index (χ0) is 17.4. The lowest BCUT2D eigenvalue weighted by molar-refractivity contribution is -0.148. The molecule has 2 fully saturated rings. The van der Waals surface area contributed by atoms with Crippen molar-refractivity contribution >= 4 is 5.96 Å². The van der Waals surface area contributed by atoms with E-state index in [9.17, 15) is 13.2 Å². The maximum absolute atomic E-state index is 12.4. The van der Waals surface area contributed by atoms with Crippen LogP contribution in [0.1, 0.15) is 51.9 Å². The normalized spacial score (nSPS) is 22.1. The molecule has 1 aliphatic carbocycles.